The third-order valence-electron chi connectivity index (χ3n) is 12.5. The highest BCUT2D eigenvalue weighted by atomic mass is 16.5. The predicted octanol–water partition coefficient (Wildman–Crippen LogP) is 4.78. The second kappa shape index (κ2) is 25.5. The Morgan fingerprint density at radius 1 is 0.841 bits per heavy atom. The van der Waals surface area contributed by atoms with Crippen molar-refractivity contribution in [3.63, 3.8) is 0 Å². The van der Waals surface area contributed by atoms with Crippen LogP contribution in [0.2, 0.25) is 0 Å². The second-order valence-corrected chi connectivity index (χ2v) is 17.4. The number of rotatable bonds is 25. The lowest BCUT2D eigenvalue weighted by molar-refractivity contribution is -0.151. The van der Waals surface area contributed by atoms with E-state index in [1.807, 2.05) is 71.9 Å². The van der Waals surface area contributed by atoms with Gasteiger partial charge in [-0.15, -0.1) is 0 Å². The Hall–Kier alpha value is -4.73. The summed E-state index contributed by atoms with van der Waals surface area (Å²) in [5.41, 5.74) is 1.46. The molecule has 0 saturated carbocycles. The van der Waals surface area contributed by atoms with Crippen LogP contribution >= 0.6 is 0 Å². The molecule has 352 valence electrons. The highest BCUT2D eigenvalue weighted by Crippen LogP contribution is 2.30. The number of esters is 1. The van der Waals surface area contributed by atoms with E-state index in [0.29, 0.717) is 42.9 Å². The number of carbonyl (C=O) groups excluding carboxylic acids is 5. The lowest BCUT2D eigenvalue weighted by Gasteiger charge is -2.41. The first-order valence-corrected chi connectivity index (χ1v) is 22.3. The maximum atomic E-state index is 14.4. The van der Waals surface area contributed by atoms with E-state index in [9.17, 15) is 24.0 Å². The van der Waals surface area contributed by atoms with Crippen molar-refractivity contribution in [2.24, 2.45) is 23.7 Å². The Bertz CT molecular complexity index is 1780. The predicted molar refractivity (Wildman–Crippen MR) is 242 cm³/mol. The minimum Gasteiger partial charge on any atom is -0.497 e. The van der Waals surface area contributed by atoms with Gasteiger partial charge in [-0.25, -0.2) is 4.79 Å². The second-order valence-electron chi connectivity index (χ2n) is 17.4. The third-order valence-corrected chi connectivity index (χ3v) is 12.5. The summed E-state index contributed by atoms with van der Waals surface area (Å²) in [6, 6.07) is 11.4. The van der Waals surface area contributed by atoms with Gasteiger partial charge in [-0.2, -0.15) is 0 Å². The number of benzene rings is 2. The zero-order valence-electron chi connectivity index (χ0n) is 39.9. The van der Waals surface area contributed by atoms with E-state index in [1.165, 1.54) is 14.2 Å². The molecule has 15 nitrogen and oxygen atoms in total. The molecule has 0 spiro atoms. The summed E-state index contributed by atoms with van der Waals surface area (Å²) in [5, 5.41) is 8.98. The lowest BCUT2D eigenvalue weighted by Crippen LogP contribution is -2.59. The Morgan fingerprint density at radius 3 is 2.06 bits per heavy atom. The fraction of sp³-hybridized carbons (Fsp3) is 0.646. The first-order valence-electron chi connectivity index (χ1n) is 22.3. The van der Waals surface area contributed by atoms with Gasteiger partial charge in [0, 0.05) is 45.9 Å². The molecule has 1 fully saturated rings. The van der Waals surface area contributed by atoms with Gasteiger partial charge in [-0.1, -0.05) is 85.2 Å². The van der Waals surface area contributed by atoms with Crippen molar-refractivity contribution < 1.29 is 47.7 Å². The number of likely N-dealkylation sites (tertiary alicyclic amines) is 1. The number of methoxy groups -OCH3 is 4. The van der Waals surface area contributed by atoms with Crippen molar-refractivity contribution >= 4 is 29.6 Å². The van der Waals surface area contributed by atoms with Crippen LogP contribution in [0.1, 0.15) is 85.3 Å². The average molecular weight is 882 g/mol. The van der Waals surface area contributed by atoms with Gasteiger partial charge in [0.2, 0.25) is 23.6 Å². The van der Waals surface area contributed by atoms with Gasteiger partial charge in [-0.05, 0) is 55.3 Å². The molecule has 5 unspecified atom stereocenters. The maximum absolute atomic E-state index is 14.4. The van der Waals surface area contributed by atoms with Gasteiger partial charge in [0.1, 0.15) is 30.2 Å². The van der Waals surface area contributed by atoms with E-state index in [1.54, 1.807) is 63.2 Å². The fourth-order valence-corrected chi connectivity index (χ4v) is 8.62. The van der Waals surface area contributed by atoms with E-state index < -0.39 is 60.2 Å². The maximum Gasteiger partial charge on any atom is 0.329 e. The fourth-order valence-electron chi connectivity index (χ4n) is 8.62. The molecule has 0 aromatic heterocycles. The van der Waals surface area contributed by atoms with Crippen LogP contribution in [0.4, 0.5) is 0 Å². The lowest BCUT2D eigenvalue weighted by atomic mass is 9.89. The summed E-state index contributed by atoms with van der Waals surface area (Å²) in [5.74, 6) is -1.65. The van der Waals surface area contributed by atoms with Crippen molar-refractivity contribution in [3.8, 4) is 11.5 Å². The molecule has 63 heavy (non-hydrogen) atoms. The van der Waals surface area contributed by atoms with E-state index in [-0.39, 0.29) is 54.9 Å². The zero-order valence-corrected chi connectivity index (χ0v) is 39.9. The molecule has 2 aromatic rings. The quantitative estimate of drug-likeness (QED) is 0.117. The molecule has 4 amide bonds. The Labute approximate surface area is 375 Å². The number of nitrogens with zero attached hydrogens (tertiary/aromatic N) is 2. The Kier molecular flexibility index (Phi) is 21.3. The summed E-state index contributed by atoms with van der Waals surface area (Å²) in [6.45, 7) is 13.8. The van der Waals surface area contributed by atoms with Gasteiger partial charge in [-0.3, -0.25) is 19.2 Å². The van der Waals surface area contributed by atoms with Crippen LogP contribution in [0.5, 0.6) is 11.5 Å². The number of hydrogen-bond donors (Lipinski definition) is 3. The molecule has 1 heterocycles. The Balaban J connectivity index is 1.81. The van der Waals surface area contributed by atoms with Crippen LogP contribution in [0.15, 0.2) is 48.5 Å². The summed E-state index contributed by atoms with van der Waals surface area (Å²) in [6.07, 6.45) is 0.814. The SMILES string of the molecule is CCC(C)[C@@H]([C@@H](CC(=O)N1CCCC1C(OC)C(C)C(=O)N[C@@H](Cc1ccccc1)C(=O)OCc1ccc(OC)cc1OC)OC)N(C)C(=O)C(NC(=O)[C@@H](NC)C(C)C)C(C)C. The summed E-state index contributed by atoms with van der Waals surface area (Å²) >= 11 is 0. The molecule has 1 aliphatic rings. The van der Waals surface area contributed by atoms with Gasteiger partial charge >= 0.3 is 5.97 Å². The molecule has 3 N–H and O–H groups in total. The van der Waals surface area contributed by atoms with E-state index >= 15 is 0 Å². The molecule has 1 aliphatic heterocycles. The van der Waals surface area contributed by atoms with Crippen LogP contribution in [-0.2, 0) is 51.2 Å². The van der Waals surface area contributed by atoms with Crippen LogP contribution in [0.25, 0.3) is 0 Å². The minimum absolute atomic E-state index is 0.0130. The molecule has 0 aliphatic carbocycles. The number of hydrogen-bond acceptors (Lipinski definition) is 11. The molecule has 0 bridgehead atoms. The first-order chi connectivity index (χ1) is 30.0. The first kappa shape index (κ1) is 52.6. The smallest absolute Gasteiger partial charge is 0.329 e. The summed E-state index contributed by atoms with van der Waals surface area (Å²) < 4.78 is 28.6. The molecule has 1 saturated heterocycles. The Morgan fingerprint density at radius 2 is 1.51 bits per heavy atom. The van der Waals surface area contributed by atoms with Crippen LogP contribution < -0.4 is 25.4 Å². The average Bonchev–Trinajstić information content (AvgIpc) is 3.76. The highest BCUT2D eigenvalue weighted by Gasteiger charge is 2.43. The molecule has 3 rings (SSSR count). The van der Waals surface area contributed by atoms with Crippen molar-refractivity contribution in [1.82, 2.24) is 25.8 Å². The molecule has 2 aromatic carbocycles. The molecule has 15 heteroatoms. The normalized spacial score (nSPS) is 17.8. The third kappa shape index (κ3) is 14.1. The number of nitrogens with one attached hydrogen (secondary N) is 3. The number of ether oxygens (including phenoxy) is 5. The van der Waals surface area contributed by atoms with E-state index in [2.05, 4.69) is 16.0 Å². The minimum atomic E-state index is -1.02. The van der Waals surface area contributed by atoms with Gasteiger partial charge in [0.15, 0.2) is 0 Å². The summed E-state index contributed by atoms with van der Waals surface area (Å²) in [4.78, 5) is 73.2. The number of amides is 4. The number of likely N-dealkylation sites (N-methyl/N-ethyl adjacent to an activating group) is 2. The van der Waals surface area contributed by atoms with Crippen LogP contribution in [0, 0.1) is 23.7 Å². The van der Waals surface area contributed by atoms with Crippen molar-refractivity contribution in [2.45, 2.75) is 130 Å². The van der Waals surface area contributed by atoms with Crippen molar-refractivity contribution in [2.75, 3.05) is 49.1 Å². The molecular formula is C48H75N5O10. The van der Waals surface area contributed by atoms with Crippen molar-refractivity contribution in [3.05, 3.63) is 59.7 Å². The van der Waals surface area contributed by atoms with Gasteiger partial charge in [0.25, 0.3) is 0 Å². The molecule has 9 atom stereocenters. The molecular weight excluding hydrogens is 807 g/mol. The zero-order chi connectivity index (χ0) is 47.0. The largest absolute Gasteiger partial charge is 0.497 e. The standard InChI is InChI=1S/C48H75N5O10/c1-14-31(6)43(52(9)47(57)42(30(4)5)51-46(56)41(49-8)29(2)3)39(61-12)27-40(54)53-24-18-21-37(53)44(62-13)32(7)45(55)50-36(25-33-19-16-15-17-20-33)48(58)63-28-34-22-23-35(59-10)26-38(34)60-11/h15-17,19-20,22-23,26,29-32,36-37,39,41-44,49H,14,18,21,24-25,27-28H2,1-13H3,(H,50,55)(H,51,56)/t31?,32?,36-,37?,39+,41-,42?,43-,44?/m0/s1. The van der Waals surface area contributed by atoms with Crippen molar-refractivity contribution in [1.29, 1.82) is 0 Å². The van der Waals surface area contributed by atoms with Gasteiger partial charge in [0.05, 0.1) is 56.9 Å². The topological polar surface area (TPSA) is 174 Å². The monoisotopic (exact) mass is 882 g/mol. The number of carbonyl (C=O) groups is 5. The van der Waals surface area contributed by atoms with E-state index in [4.69, 9.17) is 23.7 Å². The summed E-state index contributed by atoms with van der Waals surface area (Å²) in [7, 11) is 9.58. The van der Waals surface area contributed by atoms with E-state index in [0.717, 1.165) is 5.56 Å². The highest BCUT2D eigenvalue weighted by molar-refractivity contribution is 5.90. The van der Waals surface area contributed by atoms with Crippen LogP contribution in [-0.4, -0.2) is 131 Å². The van der Waals surface area contributed by atoms with Crippen LogP contribution in [0.3, 0.4) is 0 Å². The van der Waals surface area contributed by atoms with Gasteiger partial charge < -0.3 is 49.4 Å². The molecule has 0 radical (unpaired) electrons.